The molecule has 0 saturated carbocycles. The van der Waals surface area contributed by atoms with Gasteiger partial charge in [0.25, 0.3) is 0 Å². The molecule has 0 spiro atoms. The van der Waals surface area contributed by atoms with E-state index in [9.17, 15) is 5.11 Å². The summed E-state index contributed by atoms with van der Waals surface area (Å²) < 4.78 is 0. The molecule has 4 nitrogen and oxygen atoms in total. The second-order valence-corrected chi connectivity index (χ2v) is 5.51. The first kappa shape index (κ1) is 12.9. The van der Waals surface area contributed by atoms with Gasteiger partial charge in [-0.15, -0.1) is 10.2 Å². The highest BCUT2D eigenvalue weighted by Gasteiger charge is 2.06. The number of aromatic hydroxyl groups is 1. The van der Waals surface area contributed by atoms with Gasteiger partial charge in [-0.25, -0.2) is 0 Å². The summed E-state index contributed by atoms with van der Waals surface area (Å²) in [4.78, 5) is 0. The number of phenolic OH excluding ortho intramolecular Hbond substituents is 1. The maximum absolute atomic E-state index is 9.23. The SMILES string of the molecule is Oc1ccc(Nc2nnc(-c3ccc(Cl)cc3)s2)cc1. The van der Waals surface area contributed by atoms with E-state index in [1.807, 2.05) is 24.3 Å². The Bertz CT molecular complexity index is 710. The van der Waals surface area contributed by atoms with Gasteiger partial charge >= 0.3 is 0 Å². The van der Waals surface area contributed by atoms with E-state index in [-0.39, 0.29) is 5.75 Å². The van der Waals surface area contributed by atoms with E-state index in [1.165, 1.54) is 11.3 Å². The summed E-state index contributed by atoms with van der Waals surface area (Å²) in [6.45, 7) is 0. The molecule has 1 heterocycles. The van der Waals surface area contributed by atoms with Gasteiger partial charge in [0.05, 0.1) is 0 Å². The summed E-state index contributed by atoms with van der Waals surface area (Å²) in [6, 6.07) is 14.3. The van der Waals surface area contributed by atoms with Crippen LogP contribution >= 0.6 is 22.9 Å². The first-order chi connectivity index (χ1) is 9.70. The molecule has 0 bridgehead atoms. The lowest BCUT2D eigenvalue weighted by molar-refractivity contribution is 0.475. The first-order valence-electron chi connectivity index (χ1n) is 5.86. The molecule has 3 aromatic rings. The Morgan fingerprint density at radius 2 is 1.65 bits per heavy atom. The van der Waals surface area contributed by atoms with Crippen LogP contribution in [0.4, 0.5) is 10.8 Å². The molecule has 0 saturated heterocycles. The fourth-order valence-electron chi connectivity index (χ4n) is 1.65. The van der Waals surface area contributed by atoms with Crippen molar-refractivity contribution >= 4 is 33.8 Å². The topological polar surface area (TPSA) is 58.0 Å². The molecule has 0 fully saturated rings. The predicted molar refractivity (Wildman–Crippen MR) is 81.7 cm³/mol. The smallest absolute Gasteiger partial charge is 0.210 e. The molecular weight excluding hydrogens is 294 g/mol. The molecule has 100 valence electrons. The van der Waals surface area contributed by atoms with Crippen LogP contribution in [-0.2, 0) is 0 Å². The summed E-state index contributed by atoms with van der Waals surface area (Å²) in [5.41, 5.74) is 1.83. The Labute approximate surface area is 124 Å². The number of aromatic nitrogens is 2. The average molecular weight is 304 g/mol. The number of hydrogen-bond acceptors (Lipinski definition) is 5. The van der Waals surface area contributed by atoms with E-state index in [1.54, 1.807) is 24.3 Å². The average Bonchev–Trinajstić information content (AvgIpc) is 2.91. The zero-order chi connectivity index (χ0) is 13.9. The van der Waals surface area contributed by atoms with Crippen molar-refractivity contribution in [3.63, 3.8) is 0 Å². The highest BCUT2D eigenvalue weighted by atomic mass is 35.5. The minimum Gasteiger partial charge on any atom is -0.508 e. The summed E-state index contributed by atoms with van der Waals surface area (Å²) in [7, 11) is 0. The van der Waals surface area contributed by atoms with Crippen LogP contribution in [0.25, 0.3) is 10.6 Å². The summed E-state index contributed by atoms with van der Waals surface area (Å²) in [6.07, 6.45) is 0. The van der Waals surface area contributed by atoms with Crippen LogP contribution < -0.4 is 5.32 Å². The number of anilines is 2. The van der Waals surface area contributed by atoms with Crippen molar-refractivity contribution in [1.82, 2.24) is 10.2 Å². The van der Waals surface area contributed by atoms with Crippen molar-refractivity contribution in [1.29, 1.82) is 0 Å². The van der Waals surface area contributed by atoms with Crippen LogP contribution in [0.2, 0.25) is 5.02 Å². The van der Waals surface area contributed by atoms with Crippen molar-refractivity contribution in [3.8, 4) is 16.3 Å². The number of hydrogen-bond donors (Lipinski definition) is 2. The van der Waals surface area contributed by atoms with Crippen LogP contribution in [0, 0.1) is 0 Å². The lowest BCUT2D eigenvalue weighted by Gasteiger charge is -2.00. The number of nitrogens with zero attached hydrogens (tertiary/aromatic N) is 2. The Morgan fingerprint density at radius 1 is 0.950 bits per heavy atom. The molecule has 0 amide bonds. The van der Waals surface area contributed by atoms with E-state index in [0.717, 1.165) is 16.3 Å². The number of rotatable bonds is 3. The second kappa shape index (κ2) is 5.48. The predicted octanol–water partition coefficient (Wildman–Crippen LogP) is 4.31. The van der Waals surface area contributed by atoms with Crippen LogP contribution in [0.15, 0.2) is 48.5 Å². The first-order valence-corrected chi connectivity index (χ1v) is 7.06. The third-order valence-electron chi connectivity index (χ3n) is 2.63. The van der Waals surface area contributed by atoms with Gasteiger partial charge in [0.1, 0.15) is 10.8 Å². The van der Waals surface area contributed by atoms with Crippen molar-refractivity contribution in [2.24, 2.45) is 0 Å². The number of phenols is 1. The molecule has 0 radical (unpaired) electrons. The van der Waals surface area contributed by atoms with Gasteiger partial charge in [0.15, 0.2) is 0 Å². The van der Waals surface area contributed by atoms with Crippen LogP contribution in [0.1, 0.15) is 0 Å². The van der Waals surface area contributed by atoms with Crippen molar-refractivity contribution in [2.45, 2.75) is 0 Å². The third kappa shape index (κ3) is 2.89. The molecule has 3 rings (SSSR count). The lowest BCUT2D eigenvalue weighted by Crippen LogP contribution is -1.88. The Balaban J connectivity index is 1.80. The summed E-state index contributed by atoms with van der Waals surface area (Å²) >= 11 is 7.31. The van der Waals surface area contributed by atoms with Crippen molar-refractivity contribution < 1.29 is 5.11 Å². The molecule has 20 heavy (non-hydrogen) atoms. The fourth-order valence-corrected chi connectivity index (χ4v) is 2.55. The van der Waals surface area contributed by atoms with Gasteiger partial charge < -0.3 is 10.4 Å². The molecule has 0 unspecified atom stereocenters. The minimum absolute atomic E-state index is 0.231. The maximum atomic E-state index is 9.23. The van der Waals surface area contributed by atoms with Crippen LogP contribution in [0.5, 0.6) is 5.75 Å². The highest BCUT2D eigenvalue weighted by Crippen LogP contribution is 2.29. The second-order valence-electron chi connectivity index (χ2n) is 4.09. The van der Waals surface area contributed by atoms with Crippen molar-refractivity contribution in [2.75, 3.05) is 5.32 Å². The molecule has 0 aliphatic rings. The standard InChI is InChI=1S/C14H10ClN3OS/c15-10-3-1-9(2-4-10)13-17-18-14(20-13)16-11-5-7-12(19)8-6-11/h1-8,19H,(H,16,18). The zero-order valence-corrected chi connectivity index (χ0v) is 11.8. The highest BCUT2D eigenvalue weighted by molar-refractivity contribution is 7.18. The molecule has 6 heteroatoms. The zero-order valence-electron chi connectivity index (χ0n) is 10.2. The molecule has 0 atom stereocenters. The van der Waals surface area contributed by atoms with Gasteiger partial charge in [-0.1, -0.05) is 35.1 Å². The molecule has 0 aliphatic heterocycles. The maximum Gasteiger partial charge on any atom is 0.210 e. The minimum atomic E-state index is 0.231. The quantitative estimate of drug-likeness (QED) is 0.708. The van der Waals surface area contributed by atoms with Crippen LogP contribution in [0.3, 0.4) is 0 Å². The van der Waals surface area contributed by atoms with Crippen LogP contribution in [-0.4, -0.2) is 15.3 Å². The molecule has 2 N–H and O–H groups in total. The normalized spacial score (nSPS) is 10.4. The fraction of sp³-hybridized carbons (Fsp3) is 0. The summed E-state index contributed by atoms with van der Waals surface area (Å²) in [5, 5.41) is 22.8. The molecule has 0 aliphatic carbocycles. The lowest BCUT2D eigenvalue weighted by atomic mass is 10.2. The third-order valence-corrected chi connectivity index (χ3v) is 3.77. The largest absolute Gasteiger partial charge is 0.508 e. The molecule has 2 aromatic carbocycles. The Morgan fingerprint density at radius 3 is 2.35 bits per heavy atom. The van der Waals surface area contributed by atoms with Gasteiger partial charge in [-0.3, -0.25) is 0 Å². The monoisotopic (exact) mass is 303 g/mol. The number of halogens is 1. The Kier molecular flexibility index (Phi) is 3.54. The van der Waals surface area contributed by atoms with Crippen molar-refractivity contribution in [3.05, 3.63) is 53.6 Å². The summed E-state index contributed by atoms with van der Waals surface area (Å²) in [5.74, 6) is 0.231. The van der Waals surface area contributed by atoms with Gasteiger partial charge in [0, 0.05) is 16.3 Å². The van der Waals surface area contributed by atoms with E-state index in [0.29, 0.717) is 10.2 Å². The Hall–Kier alpha value is -2.11. The van der Waals surface area contributed by atoms with E-state index in [4.69, 9.17) is 11.6 Å². The number of nitrogens with one attached hydrogen (secondary N) is 1. The molecule has 1 aromatic heterocycles. The molecular formula is C14H10ClN3OS. The van der Waals surface area contributed by atoms with E-state index >= 15 is 0 Å². The van der Waals surface area contributed by atoms with Gasteiger partial charge in [0.2, 0.25) is 5.13 Å². The van der Waals surface area contributed by atoms with Gasteiger partial charge in [-0.2, -0.15) is 0 Å². The number of benzene rings is 2. The van der Waals surface area contributed by atoms with E-state index in [2.05, 4.69) is 15.5 Å². The van der Waals surface area contributed by atoms with Gasteiger partial charge in [-0.05, 0) is 36.4 Å². The van der Waals surface area contributed by atoms with E-state index < -0.39 is 0 Å².